The van der Waals surface area contributed by atoms with Crippen LogP contribution in [0.2, 0.25) is 0 Å². The Morgan fingerprint density at radius 1 is 1.36 bits per heavy atom. The lowest BCUT2D eigenvalue weighted by atomic mass is 9.91. The van der Waals surface area contributed by atoms with Crippen molar-refractivity contribution < 1.29 is 9.18 Å². The summed E-state index contributed by atoms with van der Waals surface area (Å²) in [4.78, 5) is 16.2. The zero-order valence-corrected chi connectivity index (χ0v) is 14.2. The van der Waals surface area contributed by atoms with E-state index in [1.165, 1.54) is 12.1 Å². The molecule has 0 unspecified atom stereocenters. The minimum atomic E-state index is -0.275. The van der Waals surface area contributed by atoms with Crippen molar-refractivity contribution in [3.05, 3.63) is 59.9 Å². The second-order valence-electron chi connectivity index (χ2n) is 6.34. The number of nitrogens with zero attached hydrogens (tertiary/aromatic N) is 3. The van der Waals surface area contributed by atoms with Gasteiger partial charge in [0.2, 0.25) is 0 Å². The van der Waals surface area contributed by atoms with Crippen molar-refractivity contribution in [2.24, 2.45) is 5.92 Å². The number of hydrogen-bond acceptors (Lipinski definition) is 3. The molecule has 2 atom stereocenters. The van der Waals surface area contributed by atoms with Gasteiger partial charge in [-0.1, -0.05) is 31.2 Å². The molecule has 0 spiro atoms. The fraction of sp³-hybridized carbons (Fsp3) is 0.389. The molecule has 132 valence electrons. The lowest BCUT2D eigenvalue weighted by Gasteiger charge is -2.26. The third-order valence-electron chi connectivity index (χ3n) is 4.29. The number of benzene rings is 1. The molecule has 7 heteroatoms. The predicted octanol–water partition coefficient (Wildman–Crippen LogP) is 2.62. The first-order chi connectivity index (χ1) is 12.1. The van der Waals surface area contributed by atoms with Crippen LogP contribution in [-0.2, 0) is 13.1 Å². The van der Waals surface area contributed by atoms with Crippen LogP contribution in [0.25, 0.3) is 0 Å². The van der Waals surface area contributed by atoms with Crippen LogP contribution in [0.3, 0.4) is 0 Å². The van der Waals surface area contributed by atoms with Crippen LogP contribution in [0.15, 0.2) is 42.7 Å². The molecule has 2 N–H and O–H groups in total. The van der Waals surface area contributed by atoms with Gasteiger partial charge in [-0.3, -0.25) is 0 Å². The fourth-order valence-electron chi connectivity index (χ4n) is 2.84. The molecule has 25 heavy (non-hydrogen) atoms. The molecule has 1 aliphatic rings. The Bertz CT molecular complexity index is 757. The first-order valence-electron chi connectivity index (χ1n) is 8.42. The van der Waals surface area contributed by atoms with Gasteiger partial charge >= 0.3 is 6.03 Å². The molecule has 0 radical (unpaired) electrons. The number of urea groups is 1. The van der Waals surface area contributed by atoms with E-state index in [2.05, 4.69) is 39.8 Å². The van der Waals surface area contributed by atoms with E-state index in [4.69, 9.17) is 0 Å². The van der Waals surface area contributed by atoms with Crippen LogP contribution in [0.4, 0.5) is 9.18 Å². The van der Waals surface area contributed by atoms with Gasteiger partial charge in [-0.05, 0) is 36.5 Å². The topological polar surface area (TPSA) is 71.8 Å². The largest absolute Gasteiger partial charge is 0.335 e. The van der Waals surface area contributed by atoms with Crippen molar-refractivity contribution in [2.75, 3.05) is 0 Å². The van der Waals surface area contributed by atoms with Crippen LogP contribution in [-0.4, -0.2) is 26.8 Å². The highest BCUT2D eigenvalue weighted by atomic mass is 19.1. The zero-order chi connectivity index (χ0) is 17.6. The highest BCUT2D eigenvalue weighted by molar-refractivity contribution is 5.74. The van der Waals surface area contributed by atoms with Crippen LogP contribution in [0, 0.1) is 11.7 Å². The van der Waals surface area contributed by atoms with Gasteiger partial charge in [0, 0.05) is 6.04 Å². The van der Waals surface area contributed by atoms with E-state index in [1.807, 2.05) is 6.07 Å². The third-order valence-corrected chi connectivity index (χ3v) is 4.29. The molecule has 1 aliphatic carbocycles. The Kier molecular flexibility index (Phi) is 5.42. The van der Waals surface area contributed by atoms with Gasteiger partial charge in [-0.15, -0.1) is 0 Å². The van der Waals surface area contributed by atoms with E-state index < -0.39 is 0 Å². The van der Waals surface area contributed by atoms with Crippen molar-refractivity contribution in [2.45, 2.75) is 38.9 Å². The average molecular weight is 343 g/mol. The van der Waals surface area contributed by atoms with E-state index in [1.54, 1.807) is 17.1 Å². The Hall–Kier alpha value is -2.70. The maximum absolute atomic E-state index is 13.2. The second-order valence-corrected chi connectivity index (χ2v) is 6.34. The quantitative estimate of drug-likeness (QED) is 0.820. The molecule has 2 amide bonds. The van der Waals surface area contributed by atoms with E-state index in [0.29, 0.717) is 18.3 Å². The van der Waals surface area contributed by atoms with Gasteiger partial charge in [0.25, 0.3) is 0 Å². The van der Waals surface area contributed by atoms with Crippen molar-refractivity contribution in [1.82, 2.24) is 25.4 Å². The number of hydrogen-bond donors (Lipinski definition) is 2. The second kappa shape index (κ2) is 7.92. The first kappa shape index (κ1) is 17.1. The molecule has 1 aromatic carbocycles. The van der Waals surface area contributed by atoms with E-state index in [-0.39, 0.29) is 24.4 Å². The van der Waals surface area contributed by atoms with Gasteiger partial charge in [0.05, 0.1) is 13.1 Å². The molecule has 0 fully saturated rings. The van der Waals surface area contributed by atoms with Crippen molar-refractivity contribution in [3.63, 3.8) is 0 Å². The SMILES string of the molecule is C[C@@H]1CC=CC[C@H]1NC(=O)NCc1ncn(Cc2cccc(F)c2)n1. The summed E-state index contributed by atoms with van der Waals surface area (Å²) in [5.41, 5.74) is 0.807. The molecule has 1 heterocycles. The summed E-state index contributed by atoms with van der Waals surface area (Å²) in [6.45, 7) is 2.81. The molecule has 1 aromatic heterocycles. The van der Waals surface area contributed by atoms with Gasteiger partial charge in [0.1, 0.15) is 12.1 Å². The standard InChI is InChI=1S/C18H22FN5O/c1-13-5-2-3-8-16(13)22-18(25)20-10-17-21-12-24(23-17)11-14-6-4-7-15(19)9-14/h2-4,6-7,9,12-13,16H,5,8,10-11H2,1H3,(H2,20,22,25)/t13-,16-/m1/s1. The number of allylic oxidation sites excluding steroid dienone is 1. The number of carbonyl (C=O) groups is 1. The van der Waals surface area contributed by atoms with E-state index >= 15 is 0 Å². The summed E-state index contributed by atoms with van der Waals surface area (Å²) < 4.78 is 14.8. The van der Waals surface area contributed by atoms with Crippen LogP contribution < -0.4 is 10.6 Å². The molecule has 3 rings (SSSR count). The minimum Gasteiger partial charge on any atom is -0.335 e. The van der Waals surface area contributed by atoms with Gasteiger partial charge in [0.15, 0.2) is 5.82 Å². The lowest BCUT2D eigenvalue weighted by Crippen LogP contribution is -2.45. The fourth-order valence-corrected chi connectivity index (χ4v) is 2.84. The highest BCUT2D eigenvalue weighted by Crippen LogP contribution is 2.17. The number of amides is 2. The number of aromatic nitrogens is 3. The summed E-state index contributed by atoms with van der Waals surface area (Å²) in [5.74, 6) is 0.672. The summed E-state index contributed by atoms with van der Waals surface area (Å²) in [7, 11) is 0. The number of rotatable bonds is 5. The smallest absolute Gasteiger partial charge is 0.315 e. The Labute approximate surface area is 146 Å². The van der Waals surface area contributed by atoms with Gasteiger partial charge in [-0.2, -0.15) is 5.10 Å². The normalized spacial score (nSPS) is 19.6. The number of halogens is 1. The number of carbonyl (C=O) groups excluding carboxylic acids is 1. The Morgan fingerprint density at radius 3 is 3.00 bits per heavy atom. The molecule has 0 saturated heterocycles. The van der Waals surface area contributed by atoms with Crippen molar-refractivity contribution in [1.29, 1.82) is 0 Å². The first-order valence-corrected chi connectivity index (χ1v) is 8.42. The third kappa shape index (κ3) is 4.89. The Balaban J connectivity index is 1.48. The summed E-state index contributed by atoms with van der Waals surface area (Å²) in [6.07, 6.45) is 7.66. The molecular weight excluding hydrogens is 321 g/mol. The summed E-state index contributed by atoms with van der Waals surface area (Å²) in [6, 6.07) is 6.30. The molecule has 6 nitrogen and oxygen atoms in total. The predicted molar refractivity (Wildman–Crippen MR) is 92.2 cm³/mol. The van der Waals surface area contributed by atoms with Crippen LogP contribution >= 0.6 is 0 Å². The molecule has 0 saturated carbocycles. The molecule has 0 bridgehead atoms. The Morgan fingerprint density at radius 2 is 2.20 bits per heavy atom. The highest BCUT2D eigenvalue weighted by Gasteiger charge is 2.20. The van der Waals surface area contributed by atoms with Crippen LogP contribution in [0.1, 0.15) is 31.2 Å². The van der Waals surface area contributed by atoms with Crippen molar-refractivity contribution in [3.8, 4) is 0 Å². The maximum atomic E-state index is 13.2. The van der Waals surface area contributed by atoms with E-state index in [9.17, 15) is 9.18 Å². The van der Waals surface area contributed by atoms with Crippen LogP contribution in [0.5, 0.6) is 0 Å². The monoisotopic (exact) mass is 343 g/mol. The minimum absolute atomic E-state index is 0.156. The van der Waals surface area contributed by atoms with Gasteiger partial charge in [-0.25, -0.2) is 18.9 Å². The molecule has 0 aliphatic heterocycles. The average Bonchev–Trinajstić information content (AvgIpc) is 3.03. The van der Waals surface area contributed by atoms with Gasteiger partial charge < -0.3 is 10.6 Å². The zero-order valence-electron chi connectivity index (χ0n) is 14.2. The summed E-state index contributed by atoms with van der Waals surface area (Å²) >= 11 is 0. The molecular formula is C18H22FN5O. The molecule has 2 aromatic rings. The number of nitrogens with one attached hydrogen (secondary N) is 2. The van der Waals surface area contributed by atoms with E-state index in [0.717, 1.165) is 18.4 Å². The lowest BCUT2D eigenvalue weighted by molar-refractivity contribution is 0.230. The van der Waals surface area contributed by atoms with Crippen molar-refractivity contribution >= 4 is 6.03 Å². The summed E-state index contributed by atoms with van der Waals surface area (Å²) in [5, 5.41) is 10.1. The maximum Gasteiger partial charge on any atom is 0.315 e.